The number of aryl methyl sites for hydroxylation is 1. The summed E-state index contributed by atoms with van der Waals surface area (Å²) in [6, 6.07) is 1.39. The van der Waals surface area contributed by atoms with Gasteiger partial charge in [-0.3, -0.25) is 0 Å². The lowest BCUT2D eigenvalue weighted by atomic mass is 10.3. The van der Waals surface area contributed by atoms with Crippen LogP contribution in [0.4, 0.5) is 19.0 Å². The van der Waals surface area contributed by atoms with E-state index in [1.54, 1.807) is 6.92 Å². The minimum atomic E-state index is -4.54. The Morgan fingerprint density at radius 1 is 1.48 bits per heavy atom. The molecule has 0 unspecified atom stereocenters. The number of halogens is 4. The predicted octanol–water partition coefficient (Wildman–Crippen LogP) is 2.22. The second kappa shape index (κ2) is 4.98. The smallest absolute Gasteiger partial charge is 0.367 e. The Morgan fingerprint density at radius 2 is 2.10 bits per heavy atom. The van der Waals surface area contributed by atoms with E-state index in [9.17, 15) is 21.6 Å². The molecule has 21 heavy (non-hydrogen) atoms. The molecule has 10 heteroatoms. The standard InChI is InChI=1S/C11H13ClF3N3O2S/c1-6-7(12)3-9(18-17-6)16-5-10(21(2,19)20)4-8(10)11(13,14)15/h3,8H,4-5H2,1-2H3,(H,16,18)/t8-,10+/m0/s1. The van der Waals surface area contributed by atoms with Crippen LogP contribution in [0.2, 0.25) is 5.02 Å². The van der Waals surface area contributed by atoms with Crippen LogP contribution in [0.1, 0.15) is 12.1 Å². The van der Waals surface area contributed by atoms with Crippen molar-refractivity contribution in [1.82, 2.24) is 10.2 Å². The van der Waals surface area contributed by atoms with E-state index >= 15 is 0 Å². The first-order valence-electron chi connectivity index (χ1n) is 5.97. The number of alkyl halides is 3. The summed E-state index contributed by atoms with van der Waals surface area (Å²) >= 11 is 5.83. The second-order valence-electron chi connectivity index (χ2n) is 5.15. The summed E-state index contributed by atoms with van der Waals surface area (Å²) in [6.07, 6.45) is -4.18. The molecule has 1 N–H and O–H groups in total. The average molecular weight is 344 g/mol. The third kappa shape index (κ3) is 3.08. The molecule has 1 aromatic heterocycles. The van der Waals surface area contributed by atoms with E-state index in [2.05, 4.69) is 15.5 Å². The number of rotatable bonds is 4. The largest absolute Gasteiger partial charge is 0.393 e. The maximum Gasteiger partial charge on any atom is 0.393 e. The van der Waals surface area contributed by atoms with Crippen molar-refractivity contribution in [2.75, 3.05) is 18.1 Å². The molecule has 5 nitrogen and oxygen atoms in total. The fourth-order valence-corrected chi connectivity index (χ4v) is 3.79. The number of nitrogens with one attached hydrogen (secondary N) is 1. The highest BCUT2D eigenvalue weighted by molar-refractivity contribution is 7.92. The predicted molar refractivity (Wildman–Crippen MR) is 72.0 cm³/mol. The summed E-state index contributed by atoms with van der Waals surface area (Å²) < 4.78 is 59.9. The molecular formula is C11H13ClF3N3O2S. The fourth-order valence-electron chi connectivity index (χ4n) is 2.19. The van der Waals surface area contributed by atoms with Gasteiger partial charge in [0.1, 0.15) is 10.6 Å². The van der Waals surface area contributed by atoms with Gasteiger partial charge >= 0.3 is 6.18 Å². The highest BCUT2D eigenvalue weighted by Crippen LogP contribution is 2.57. The maximum absolute atomic E-state index is 12.8. The Bertz CT molecular complexity index is 665. The number of anilines is 1. The topological polar surface area (TPSA) is 72.0 Å². The minimum absolute atomic E-state index is 0.140. The van der Waals surface area contributed by atoms with Crippen molar-refractivity contribution in [3.8, 4) is 0 Å². The van der Waals surface area contributed by atoms with Crippen molar-refractivity contribution in [2.45, 2.75) is 24.3 Å². The van der Waals surface area contributed by atoms with E-state index in [-0.39, 0.29) is 12.4 Å². The van der Waals surface area contributed by atoms with Gasteiger partial charge in [0.25, 0.3) is 0 Å². The van der Waals surface area contributed by atoms with E-state index in [0.717, 1.165) is 6.26 Å². The van der Waals surface area contributed by atoms with Crippen molar-refractivity contribution in [3.63, 3.8) is 0 Å². The number of hydrogen-bond acceptors (Lipinski definition) is 5. The highest BCUT2D eigenvalue weighted by atomic mass is 35.5. The van der Waals surface area contributed by atoms with Gasteiger partial charge < -0.3 is 5.32 Å². The van der Waals surface area contributed by atoms with Gasteiger partial charge in [-0.1, -0.05) is 11.6 Å². The lowest BCUT2D eigenvalue weighted by Gasteiger charge is -2.18. The van der Waals surface area contributed by atoms with Crippen molar-refractivity contribution in [3.05, 3.63) is 16.8 Å². The Labute approximate surface area is 124 Å². The average Bonchev–Trinajstić information content (AvgIpc) is 3.06. The van der Waals surface area contributed by atoms with Gasteiger partial charge in [-0.05, 0) is 13.3 Å². The van der Waals surface area contributed by atoms with Crippen LogP contribution in [0, 0.1) is 12.8 Å². The molecule has 0 bridgehead atoms. The zero-order chi connectivity index (χ0) is 16.1. The first kappa shape index (κ1) is 16.3. The molecule has 0 amide bonds. The van der Waals surface area contributed by atoms with Crippen LogP contribution in [0.3, 0.4) is 0 Å². The number of aromatic nitrogens is 2. The number of sulfone groups is 1. The summed E-state index contributed by atoms with van der Waals surface area (Å²) in [6.45, 7) is 1.24. The molecule has 1 aliphatic rings. The lowest BCUT2D eigenvalue weighted by Crippen LogP contribution is -2.36. The molecule has 0 saturated heterocycles. The van der Waals surface area contributed by atoms with Crippen molar-refractivity contribution < 1.29 is 21.6 Å². The molecule has 2 rings (SSSR count). The molecule has 118 valence electrons. The Morgan fingerprint density at radius 3 is 2.52 bits per heavy atom. The van der Waals surface area contributed by atoms with Gasteiger partial charge in [0, 0.05) is 18.9 Å². The molecule has 1 aromatic rings. The molecule has 1 saturated carbocycles. The van der Waals surface area contributed by atoms with Crippen LogP contribution in [0.5, 0.6) is 0 Å². The maximum atomic E-state index is 12.8. The summed E-state index contributed by atoms with van der Waals surface area (Å²) in [5.41, 5.74) is 0.472. The van der Waals surface area contributed by atoms with Gasteiger partial charge in [-0.2, -0.15) is 18.3 Å². The zero-order valence-electron chi connectivity index (χ0n) is 11.2. The Kier molecular flexibility index (Phi) is 3.86. The van der Waals surface area contributed by atoms with Crippen LogP contribution >= 0.6 is 11.6 Å². The van der Waals surface area contributed by atoms with Crippen molar-refractivity contribution >= 4 is 27.3 Å². The molecule has 0 aliphatic heterocycles. The van der Waals surface area contributed by atoms with Gasteiger partial charge in [-0.15, -0.1) is 5.10 Å². The zero-order valence-corrected chi connectivity index (χ0v) is 12.8. The van der Waals surface area contributed by atoms with Crippen LogP contribution in [-0.2, 0) is 9.84 Å². The SMILES string of the molecule is Cc1nnc(NC[C@]2(S(C)(=O)=O)C[C@@H]2C(F)(F)F)cc1Cl. The van der Waals surface area contributed by atoms with E-state index < -0.39 is 33.1 Å². The van der Waals surface area contributed by atoms with Crippen molar-refractivity contribution in [2.24, 2.45) is 5.92 Å². The molecule has 1 aliphatic carbocycles. The van der Waals surface area contributed by atoms with Gasteiger partial charge in [0.2, 0.25) is 0 Å². The third-order valence-corrected chi connectivity index (χ3v) is 6.10. The van der Waals surface area contributed by atoms with Gasteiger partial charge in [-0.25, -0.2) is 8.42 Å². The summed E-state index contributed by atoms with van der Waals surface area (Å²) in [5.74, 6) is -1.72. The van der Waals surface area contributed by atoms with E-state index in [1.165, 1.54) is 6.07 Å². The van der Waals surface area contributed by atoms with Crippen LogP contribution in [0.15, 0.2) is 6.07 Å². The molecule has 0 spiro atoms. The second-order valence-corrected chi connectivity index (χ2v) is 7.92. The Balaban J connectivity index is 2.18. The highest BCUT2D eigenvalue weighted by Gasteiger charge is 2.72. The molecular weight excluding hydrogens is 331 g/mol. The summed E-state index contributed by atoms with van der Waals surface area (Å²) in [5, 5.41) is 10.3. The van der Waals surface area contributed by atoms with E-state index in [0.29, 0.717) is 10.7 Å². The number of hydrogen-bond donors (Lipinski definition) is 1. The summed E-state index contributed by atoms with van der Waals surface area (Å²) in [7, 11) is -3.88. The molecule has 0 radical (unpaired) electrons. The fraction of sp³-hybridized carbons (Fsp3) is 0.636. The molecule has 2 atom stereocenters. The van der Waals surface area contributed by atoms with Crippen LogP contribution in [-0.4, -0.2) is 42.3 Å². The molecule has 1 heterocycles. The lowest BCUT2D eigenvalue weighted by molar-refractivity contribution is -0.149. The van der Waals surface area contributed by atoms with Gasteiger partial charge in [0.05, 0.1) is 16.6 Å². The molecule has 1 fully saturated rings. The summed E-state index contributed by atoms with van der Waals surface area (Å²) in [4.78, 5) is 0. The van der Waals surface area contributed by atoms with E-state index in [1.807, 2.05) is 0 Å². The normalized spacial score (nSPS) is 25.7. The first-order valence-corrected chi connectivity index (χ1v) is 8.24. The van der Waals surface area contributed by atoms with Crippen LogP contribution < -0.4 is 5.32 Å². The Hall–Kier alpha value is -1.09. The minimum Gasteiger partial charge on any atom is -0.367 e. The van der Waals surface area contributed by atoms with Crippen LogP contribution in [0.25, 0.3) is 0 Å². The molecule has 0 aromatic carbocycles. The quantitative estimate of drug-likeness (QED) is 0.907. The third-order valence-electron chi connectivity index (χ3n) is 3.64. The number of nitrogens with zero attached hydrogens (tertiary/aromatic N) is 2. The van der Waals surface area contributed by atoms with E-state index in [4.69, 9.17) is 11.6 Å². The first-order chi connectivity index (χ1) is 9.47. The van der Waals surface area contributed by atoms with Gasteiger partial charge in [0.15, 0.2) is 9.84 Å². The van der Waals surface area contributed by atoms with Crippen molar-refractivity contribution in [1.29, 1.82) is 0 Å². The monoisotopic (exact) mass is 343 g/mol.